The molecule has 5 fully saturated rings. The highest BCUT2D eigenvalue weighted by Crippen LogP contribution is 2.61. The van der Waals surface area contributed by atoms with Gasteiger partial charge < -0.3 is 25.4 Å². The van der Waals surface area contributed by atoms with Gasteiger partial charge in [0.1, 0.15) is 17.1 Å². The minimum atomic E-state index is -4.66. The zero-order valence-electron chi connectivity index (χ0n) is 26.9. The Labute approximate surface area is 272 Å². The summed E-state index contributed by atoms with van der Waals surface area (Å²) >= 11 is 0. The lowest BCUT2D eigenvalue weighted by Gasteiger charge is -2.61. The second-order valence-corrected chi connectivity index (χ2v) is 13.7. The highest BCUT2D eigenvalue weighted by Gasteiger charge is 2.59. The van der Waals surface area contributed by atoms with Crippen LogP contribution in [0.4, 0.5) is 42.0 Å². The lowest BCUT2D eigenvalue weighted by atomic mass is 9.47. The first-order chi connectivity index (χ1) is 22.5. The van der Waals surface area contributed by atoms with E-state index in [2.05, 4.69) is 30.8 Å². The van der Waals surface area contributed by atoms with Crippen molar-refractivity contribution in [2.75, 3.05) is 49.4 Å². The van der Waals surface area contributed by atoms with Crippen LogP contribution in [0.25, 0.3) is 0 Å². The predicted octanol–water partition coefficient (Wildman–Crippen LogP) is 7.07. The van der Waals surface area contributed by atoms with E-state index < -0.39 is 11.7 Å². The van der Waals surface area contributed by atoms with Gasteiger partial charge >= 0.3 is 6.18 Å². The van der Waals surface area contributed by atoms with Gasteiger partial charge in [0.25, 0.3) is 0 Å². The molecule has 9 nitrogen and oxygen atoms in total. The van der Waals surface area contributed by atoms with Crippen LogP contribution in [-0.2, 0) is 15.7 Å². The van der Waals surface area contributed by atoms with Crippen LogP contribution in [0.2, 0.25) is 0 Å². The van der Waals surface area contributed by atoms with E-state index in [1.807, 2.05) is 32.0 Å². The first kappa shape index (κ1) is 31.7. The number of ether oxygens (including phenoxy) is 2. The number of hydrogen-bond acceptors (Lipinski definition) is 8. The summed E-state index contributed by atoms with van der Waals surface area (Å²) in [4.78, 5) is 24.7. The number of methoxy groups -OCH3 is 1. The largest absolute Gasteiger partial charge is 0.494 e. The molecule has 1 amide bonds. The molecule has 1 aromatic heterocycles. The van der Waals surface area contributed by atoms with Crippen molar-refractivity contribution in [3.05, 3.63) is 59.3 Å². The van der Waals surface area contributed by atoms with Crippen LogP contribution in [0, 0.1) is 37.0 Å². The number of morpholine rings is 1. The first-order valence-corrected chi connectivity index (χ1v) is 16.4. The fourth-order valence-electron chi connectivity index (χ4n) is 8.88. The Kier molecular flexibility index (Phi) is 8.28. The summed E-state index contributed by atoms with van der Waals surface area (Å²) in [7, 11) is 1.50. The molecular weight excluding hydrogens is 609 g/mol. The van der Waals surface area contributed by atoms with Gasteiger partial charge in [0.05, 0.1) is 31.4 Å². The summed E-state index contributed by atoms with van der Waals surface area (Å²) in [6, 6.07) is 11.2. The second-order valence-electron chi connectivity index (χ2n) is 13.7. The van der Waals surface area contributed by atoms with E-state index in [0.29, 0.717) is 46.6 Å². The number of nitrogens with zero attached hydrogens (tertiary/aromatic N) is 3. The van der Waals surface area contributed by atoms with Gasteiger partial charge in [-0.1, -0.05) is 18.2 Å². The Morgan fingerprint density at radius 1 is 1.02 bits per heavy atom. The molecule has 5 aliphatic rings. The Hall–Kier alpha value is -3.90. The van der Waals surface area contributed by atoms with Gasteiger partial charge in [0, 0.05) is 42.8 Å². The number of para-hydroxylation sites is 1. The smallest absolute Gasteiger partial charge is 0.421 e. The van der Waals surface area contributed by atoms with E-state index >= 15 is 0 Å². The molecule has 2 atom stereocenters. The molecule has 3 N–H and O–H groups in total. The fourth-order valence-corrected chi connectivity index (χ4v) is 8.88. The van der Waals surface area contributed by atoms with Gasteiger partial charge in [0.2, 0.25) is 11.9 Å². The molecule has 0 radical (unpaired) electrons. The summed E-state index contributed by atoms with van der Waals surface area (Å²) in [6.07, 6.45) is 1.27. The third-order valence-electron chi connectivity index (χ3n) is 10.7. The van der Waals surface area contributed by atoms with E-state index in [1.54, 1.807) is 18.2 Å². The first-order valence-electron chi connectivity index (χ1n) is 16.4. The van der Waals surface area contributed by atoms with E-state index in [-0.39, 0.29) is 23.1 Å². The van der Waals surface area contributed by atoms with Crippen molar-refractivity contribution in [3.8, 4) is 5.75 Å². The number of amides is 1. The van der Waals surface area contributed by atoms with Gasteiger partial charge in [0.15, 0.2) is 0 Å². The van der Waals surface area contributed by atoms with Crippen molar-refractivity contribution in [1.29, 1.82) is 0 Å². The summed E-state index contributed by atoms with van der Waals surface area (Å²) in [5.74, 6) is 1.72. The molecule has 3 aromatic rings. The average Bonchev–Trinajstić information content (AvgIpc) is 3.03. The lowest BCUT2D eigenvalue weighted by molar-refractivity contribution is -0.154. The fraction of sp³-hybridized carbons (Fsp3) is 0.514. The molecule has 4 aliphatic carbocycles. The van der Waals surface area contributed by atoms with Crippen LogP contribution in [0.5, 0.6) is 5.75 Å². The Bertz CT molecular complexity index is 1620. The van der Waals surface area contributed by atoms with Crippen molar-refractivity contribution in [2.45, 2.75) is 58.2 Å². The summed E-state index contributed by atoms with van der Waals surface area (Å²) in [5, 5.41) is 9.06. The van der Waals surface area contributed by atoms with E-state index in [4.69, 9.17) is 9.47 Å². The van der Waals surface area contributed by atoms with Crippen molar-refractivity contribution in [2.24, 2.45) is 23.2 Å². The second kappa shape index (κ2) is 12.3. The van der Waals surface area contributed by atoms with Crippen molar-refractivity contribution in [3.63, 3.8) is 0 Å². The van der Waals surface area contributed by atoms with Gasteiger partial charge in [-0.15, -0.1) is 0 Å². The summed E-state index contributed by atoms with van der Waals surface area (Å²) in [6.45, 7) is 7.16. The van der Waals surface area contributed by atoms with Gasteiger partial charge in [-0.25, -0.2) is 4.98 Å². The van der Waals surface area contributed by atoms with Crippen LogP contribution in [0.15, 0.2) is 42.6 Å². The number of aryl methyl sites for hydroxylation is 2. The molecule has 47 heavy (non-hydrogen) atoms. The Morgan fingerprint density at radius 3 is 2.38 bits per heavy atom. The summed E-state index contributed by atoms with van der Waals surface area (Å²) < 4.78 is 53.0. The lowest BCUT2D eigenvalue weighted by Crippen LogP contribution is -2.63. The molecule has 250 valence electrons. The number of carbonyl (C=O) groups is 1. The van der Waals surface area contributed by atoms with Crippen LogP contribution in [0.3, 0.4) is 0 Å². The van der Waals surface area contributed by atoms with E-state index in [9.17, 15) is 18.0 Å². The number of benzene rings is 2. The Morgan fingerprint density at radius 2 is 1.72 bits per heavy atom. The zero-order valence-corrected chi connectivity index (χ0v) is 26.9. The van der Waals surface area contributed by atoms with E-state index in [0.717, 1.165) is 62.9 Å². The number of halogens is 3. The maximum absolute atomic E-state index is 14.0. The normalized spacial score (nSPS) is 27.0. The standard InChI is InChI=1S/C35H41F3N6O3/c1-20-5-4-6-21(2)29(20)42-31-26(35(36,37)38)19-39-33(43-31)41-27-8-7-25(15-28(27)46-3)40-32(45)34-16-22-13-23(17-34)30(24(14-22)18-34)44-9-11-47-12-10-44/h4-8,15,19,22-24,30H,9-14,16-18H2,1-3H3,(H,40,45)(H2,39,41,42,43). The number of aromatic nitrogens is 2. The number of carbonyl (C=O) groups excluding carboxylic acids is 1. The molecule has 1 aliphatic heterocycles. The maximum Gasteiger partial charge on any atom is 0.421 e. The highest BCUT2D eigenvalue weighted by atomic mass is 19.4. The minimum absolute atomic E-state index is 0.0368. The van der Waals surface area contributed by atoms with Crippen molar-refractivity contribution < 1.29 is 27.4 Å². The maximum atomic E-state index is 14.0. The number of anilines is 5. The van der Waals surface area contributed by atoms with Crippen LogP contribution in [0.1, 0.15) is 48.8 Å². The third-order valence-corrected chi connectivity index (χ3v) is 10.7. The molecule has 2 heterocycles. The minimum Gasteiger partial charge on any atom is -0.494 e. The quantitative estimate of drug-likeness (QED) is 0.238. The topological polar surface area (TPSA) is 101 Å². The number of hydrogen-bond donors (Lipinski definition) is 3. The summed E-state index contributed by atoms with van der Waals surface area (Å²) in [5.41, 5.74) is 1.84. The molecule has 1 saturated heterocycles. The molecule has 4 bridgehead atoms. The predicted molar refractivity (Wildman–Crippen MR) is 173 cm³/mol. The van der Waals surface area contributed by atoms with Gasteiger partial charge in [-0.2, -0.15) is 18.2 Å². The molecule has 0 spiro atoms. The zero-order chi connectivity index (χ0) is 32.9. The van der Waals surface area contributed by atoms with Crippen LogP contribution in [-0.4, -0.2) is 60.2 Å². The van der Waals surface area contributed by atoms with Gasteiger partial charge in [-0.3, -0.25) is 9.69 Å². The molecule has 8 rings (SSSR count). The molecular formula is C35H41F3N6O3. The van der Waals surface area contributed by atoms with E-state index in [1.165, 1.54) is 20.0 Å². The molecule has 2 aromatic carbocycles. The van der Waals surface area contributed by atoms with Gasteiger partial charge in [-0.05, 0) is 87.0 Å². The van der Waals surface area contributed by atoms with Crippen molar-refractivity contribution >= 4 is 34.7 Å². The number of rotatable bonds is 8. The van der Waals surface area contributed by atoms with Crippen LogP contribution < -0.4 is 20.7 Å². The average molecular weight is 651 g/mol. The molecule has 2 unspecified atom stereocenters. The highest BCUT2D eigenvalue weighted by molar-refractivity contribution is 5.96. The number of nitrogens with one attached hydrogen (secondary N) is 3. The molecule has 12 heteroatoms. The van der Waals surface area contributed by atoms with Crippen LogP contribution >= 0.6 is 0 Å². The van der Waals surface area contributed by atoms with Crippen molar-refractivity contribution in [1.82, 2.24) is 14.9 Å². The SMILES string of the molecule is COc1cc(NC(=O)C23CC4CC(C2)C(N2CCOCC2)C(C4)C3)ccc1Nc1ncc(C(F)(F)F)c(Nc2c(C)cccc2C)n1. The molecule has 4 saturated carbocycles. The monoisotopic (exact) mass is 650 g/mol. The number of alkyl halides is 3. The third kappa shape index (κ3) is 6.13. The Balaban J connectivity index is 1.08.